The van der Waals surface area contributed by atoms with Crippen molar-refractivity contribution in [3.05, 3.63) is 0 Å². The van der Waals surface area contributed by atoms with Crippen molar-refractivity contribution in [2.45, 2.75) is 32.7 Å². The number of aliphatic hydroxyl groups excluding tert-OH is 1. The molecular formula is C9H21ClNO+. The molecule has 0 aliphatic carbocycles. The Hall–Kier alpha value is 0.210. The second kappa shape index (κ2) is 5.79. The van der Waals surface area contributed by atoms with Crippen molar-refractivity contribution in [2.24, 2.45) is 0 Å². The van der Waals surface area contributed by atoms with E-state index in [1.807, 2.05) is 6.92 Å². The van der Waals surface area contributed by atoms with Gasteiger partial charge in [0.05, 0.1) is 19.6 Å². The summed E-state index contributed by atoms with van der Waals surface area (Å²) in [7, 11) is 0. The van der Waals surface area contributed by atoms with Crippen molar-refractivity contribution in [1.29, 1.82) is 0 Å². The van der Waals surface area contributed by atoms with E-state index in [9.17, 15) is 0 Å². The van der Waals surface area contributed by atoms with Gasteiger partial charge in [-0.25, -0.2) is 0 Å². The molecule has 0 bridgehead atoms. The van der Waals surface area contributed by atoms with Crippen LogP contribution in [-0.4, -0.2) is 41.3 Å². The fraction of sp³-hybridized carbons (Fsp3) is 1.00. The normalized spacial score (nSPS) is 14.8. The summed E-state index contributed by atoms with van der Waals surface area (Å²) < 4.78 is 0.905. The van der Waals surface area contributed by atoms with Gasteiger partial charge in [0.25, 0.3) is 0 Å². The molecule has 0 saturated carbocycles. The van der Waals surface area contributed by atoms with Gasteiger partial charge in [-0.05, 0) is 13.8 Å². The predicted molar refractivity (Wildman–Crippen MR) is 53.2 cm³/mol. The largest absolute Gasteiger partial charge is 0.396 e. The first kappa shape index (κ1) is 12.2. The molecule has 0 saturated heterocycles. The summed E-state index contributed by atoms with van der Waals surface area (Å²) in [5, 5.41) is 8.75. The minimum Gasteiger partial charge on any atom is -0.396 e. The fourth-order valence-electron chi connectivity index (χ4n) is 1.61. The van der Waals surface area contributed by atoms with Crippen LogP contribution in [0.25, 0.3) is 0 Å². The monoisotopic (exact) mass is 194 g/mol. The Labute approximate surface area is 80.7 Å². The highest BCUT2D eigenvalue weighted by Gasteiger charge is 2.27. The number of quaternary nitrogens is 1. The molecule has 0 aromatic carbocycles. The molecule has 1 atom stereocenters. The number of nitrogens with zero attached hydrogens (tertiary/aromatic N) is 1. The molecule has 12 heavy (non-hydrogen) atoms. The van der Waals surface area contributed by atoms with E-state index in [1.165, 1.54) is 0 Å². The molecule has 0 aromatic rings. The lowest BCUT2D eigenvalue weighted by Gasteiger charge is -2.39. The molecule has 0 aromatic heterocycles. The highest BCUT2D eigenvalue weighted by Crippen LogP contribution is 2.17. The molecule has 0 rings (SSSR count). The minimum atomic E-state index is 0.145. The predicted octanol–water partition coefficient (Wildman–Crippen LogP) is 1.81. The standard InChI is InChI=1S/C9H21ClNO/c1-4-11(5-2,9(3)10)7-6-8-12/h9,12H,4-8H2,1-3H3/q+1. The molecule has 0 aliphatic rings. The molecule has 3 heteroatoms. The molecule has 0 spiro atoms. The van der Waals surface area contributed by atoms with E-state index in [-0.39, 0.29) is 12.1 Å². The topological polar surface area (TPSA) is 20.2 Å². The summed E-state index contributed by atoms with van der Waals surface area (Å²) >= 11 is 6.13. The highest BCUT2D eigenvalue weighted by atomic mass is 35.5. The van der Waals surface area contributed by atoms with E-state index in [1.54, 1.807) is 0 Å². The lowest BCUT2D eigenvalue weighted by atomic mass is 10.3. The Bertz CT molecular complexity index is 113. The number of hydrogen-bond acceptors (Lipinski definition) is 1. The number of alkyl halides is 1. The minimum absolute atomic E-state index is 0.145. The fourth-order valence-corrected chi connectivity index (χ4v) is 1.98. The van der Waals surface area contributed by atoms with Crippen LogP contribution in [-0.2, 0) is 0 Å². The Morgan fingerprint density at radius 1 is 1.33 bits per heavy atom. The lowest BCUT2D eigenvalue weighted by molar-refractivity contribution is -0.934. The van der Waals surface area contributed by atoms with Crippen molar-refractivity contribution in [3.8, 4) is 0 Å². The van der Waals surface area contributed by atoms with Gasteiger partial charge in [0.15, 0.2) is 5.50 Å². The third-order valence-corrected chi connectivity index (χ3v) is 3.19. The van der Waals surface area contributed by atoms with Crippen LogP contribution >= 0.6 is 11.6 Å². The average molecular weight is 195 g/mol. The second-order valence-corrected chi connectivity index (χ2v) is 3.86. The van der Waals surface area contributed by atoms with E-state index in [0.29, 0.717) is 0 Å². The van der Waals surface area contributed by atoms with Crippen molar-refractivity contribution >= 4 is 11.6 Å². The Morgan fingerprint density at radius 2 is 1.83 bits per heavy atom. The van der Waals surface area contributed by atoms with Gasteiger partial charge in [-0.1, -0.05) is 11.6 Å². The highest BCUT2D eigenvalue weighted by molar-refractivity contribution is 6.19. The Kier molecular flexibility index (Phi) is 5.89. The lowest BCUT2D eigenvalue weighted by Crippen LogP contribution is -2.52. The molecule has 1 unspecified atom stereocenters. The van der Waals surface area contributed by atoms with Crippen LogP contribution in [0.15, 0.2) is 0 Å². The van der Waals surface area contributed by atoms with Crippen LogP contribution < -0.4 is 0 Å². The van der Waals surface area contributed by atoms with Gasteiger partial charge in [0, 0.05) is 20.0 Å². The van der Waals surface area contributed by atoms with Gasteiger partial charge >= 0.3 is 0 Å². The summed E-state index contributed by atoms with van der Waals surface area (Å²) in [6.07, 6.45) is 0.846. The van der Waals surface area contributed by atoms with Gasteiger partial charge in [0.2, 0.25) is 0 Å². The number of hydrogen-bond donors (Lipinski definition) is 1. The van der Waals surface area contributed by atoms with Crippen molar-refractivity contribution < 1.29 is 9.59 Å². The second-order valence-electron chi connectivity index (χ2n) is 3.23. The Morgan fingerprint density at radius 3 is 2.08 bits per heavy atom. The van der Waals surface area contributed by atoms with E-state index in [0.717, 1.165) is 30.5 Å². The zero-order chi connectivity index (χ0) is 9.61. The maximum atomic E-state index is 8.75. The van der Waals surface area contributed by atoms with Crippen molar-refractivity contribution in [1.82, 2.24) is 0 Å². The molecule has 2 nitrogen and oxygen atoms in total. The molecule has 0 amide bonds. The molecule has 0 fully saturated rings. The van der Waals surface area contributed by atoms with Crippen LogP contribution in [0.3, 0.4) is 0 Å². The van der Waals surface area contributed by atoms with Gasteiger partial charge in [0.1, 0.15) is 0 Å². The van der Waals surface area contributed by atoms with Crippen LogP contribution in [0, 0.1) is 0 Å². The molecule has 74 valence electrons. The van der Waals surface area contributed by atoms with Crippen LogP contribution in [0.5, 0.6) is 0 Å². The van der Waals surface area contributed by atoms with Crippen LogP contribution in [0.4, 0.5) is 0 Å². The van der Waals surface area contributed by atoms with E-state index >= 15 is 0 Å². The molecule has 1 N–H and O–H groups in total. The zero-order valence-electron chi connectivity index (χ0n) is 8.39. The summed E-state index contributed by atoms with van der Waals surface area (Å²) in [4.78, 5) is 0. The van der Waals surface area contributed by atoms with Crippen LogP contribution in [0.2, 0.25) is 0 Å². The van der Waals surface area contributed by atoms with Gasteiger partial charge in [-0.2, -0.15) is 0 Å². The first-order valence-corrected chi connectivity index (χ1v) is 5.17. The third-order valence-electron chi connectivity index (χ3n) is 2.78. The molecular weight excluding hydrogens is 174 g/mol. The molecule has 0 radical (unpaired) electrons. The SMILES string of the molecule is CC[N+](CC)(CCCO)C(C)Cl. The number of rotatable bonds is 6. The third kappa shape index (κ3) is 2.92. The molecule has 0 heterocycles. The summed E-state index contributed by atoms with van der Waals surface area (Å²) in [6.45, 7) is 9.67. The summed E-state index contributed by atoms with van der Waals surface area (Å²) in [6, 6.07) is 0. The van der Waals surface area contributed by atoms with E-state index < -0.39 is 0 Å². The van der Waals surface area contributed by atoms with E-state index in [4.69, 9.17) is 16.7 Å². The Balaban J connectivity index is 4.15. The molecule has 0 aliphatic heterocycles. The zero-order valence-corrected chi connectivity index (χ0v) is 9.14. The summed E-state index contributed by atoms with van der Waals surface area (Å²) in [5.41, 5.74) is 0.145. The quantitative estimate of drug-likeness (QED) is 0.389. The first-order valence-electron chi connectivity index (χ1n) is 4.73. The van der Waals surface area contributed by atoms with Gasteiger partial charge in [-0.3, -0.25) is 0 Å². The maximum Gasteiger partial charge on any atom is 0.162 e. The maximum absolute atomic E-state index is 8.75. The van der Waals surface area contributed by atoms with Crippen LogP contribution in [0.1, 0.15) is 27.2 Å². The number of aliphatic hydroxyl groups is 1. The van der Waals surface area contributed by atoms with E-state index in [2.05, 4.69) is 13.8 Å². The average Bonchev–Trinajstić information content (AvgIpc) is 2.07. The first-order chi connectivity index (χ1) is 5.63. The smallest absolute Gasteiger partial charge is 0.162 e. The van der Waals surface area contributed by atoms with Crippen molar-refractivity contribution in [2.75, 3.05) is 26.2 Å². The van der Waals surface area contributed by atoms with Crippen molar-refractivity contribution in [3.63, 3.8) is 0 Å². The van der Waals surface area contributed by atoms with Gasteiger partial charge < -0.3 is 9.59 Å². The van der Waals surface area contributed by atoms with Gasteiger partial charge in [-0.15, -0.1) is 0 Å². The summed E-state index contributed by atoms with van der Waals surface area (Å²) in [5.74, 6) is 0. The number of halogens is 1.